The summed E-state index contributed by atoms with van der Waals surface area (Å²) in [6, 6.07) is 9.72. The lowest BCUT2D eigenvalue weighted by Gasteiger charge is -2.13. The predicted octanol–water partition coefficient (Wildman–Crippen LogP) is 4.50. The van der Waals surface area contributed by atoms with Crippen LogP contribution in [0.3, 0.4) is 0 Å². The van der Waals surface area contributed by atoms with E-state index in [2.05, 4.69) is 31.7 Å². The third-order valence-corrected chi connectivity index (χ3v) is 3.81. The van der Waals surface area contributed by atoms with E-state index in [-0.39, 0.29) is 0 Å². The Morgan fingerprint density at radius 3 is 2.75 bits per heavy atom. The molecule has 0 spiro atoms. The van der Waals surface area contributed by atoms with Gasteiger partial charge in [-0.15, -0.1) is 0 Å². The summed E-state index contributed by atoms with van der Waals surface area (Å²) in [5.74, 6) is 1.23. The van der Waals surface area contributed by atoms with E-state index in [1.807, 2.05) is 44.3 Å². The zero-order valence-corrected chi connectivity index (χ0v) is 14.3. The van der Waals surface area contributed by atoms with E-state index in [4.69, 9.17) is 11.6 Å². The number of pyridine rings is 1. The third kappa shape index (κ3) is 4.00. The molecule has 0 unspecified atom stereocenters. The highest BCUT2D eigenvalue weighted by Crippen LogP contribution is 2.29. The van der Waals surface area contributed by atoms with Crippen LogP contribution in [0.1, 0.15) is 16.7 Å². The summed E-state index contributed by atoms with van der Waals surface area (Å²) < 4.78 is 0. The normalized spacial score (nSPS) is 10.5. The Hall–Kier alpha value is -2.66. The number of nitrogens with one attached hydrogen (secondary N) is 2. The molecule has 0 amide bonds. The lowest BCUT2D eigenvalue weighted by atomic mass is 10.1. The summed E-state index contributed by atoms with van der Waals surface area (Å²) in [7, 11) is 0. The van der Waals surface area contributed by atoms with Crippen LogP contribution in [0.15, 0.2) is 48.9 Å². The van der Waals surface area contributed by atoms with Crippen LogP contribution < -0.4 is 10.6 Å². The topological polar surface area (TPSA) is 62.7 Å². The van der Waals surface area contributed by atoms with E-state index < -0.39 is 0 Å². The van der Waals surface area contributed by atoms with Crippen molar-refractivity contribution in [1.82, 2.24) is 15.0 Å². The van der Waals surface area contributed by atoms with E-state index in [9.17, 15) is 0 Å². The lowest BCUT2D eigenvalue weighted by Crippen LogP contribution is -2.05. The van der Waals surface area contributed by atoms with Gasteiger partial charge in [-0.05, 0) is 48.7 Å². The van der Waals surface area contributed by atoms with Crippen molar-refractivity contribution in [3.63, 3.8) is 0 Å². The second-order valence-electron chi connectivity index (χ2n) is 5.54. The van der Waals surface area contributed by atoms with Gasteiger partial charge in [0.2, 0.25) is 5.95 Å². The molecule has 122 valence electrons. The van der Waals surface area contributed by atoms with Gasteiger partial charge >= 0.3 is 0 Å². The molecule has 0 aliphatic carbocycles. The van der Waals surface area contributed by atoms with E-state index in [0.717, 1.165) is 22.4 Å². The van der Waals surface area contributed by atoms with E-state index in [1.54, 1.807) is 12.4 Å². The van der Waals surface area contributed by atoms with Crippen LogP contribution >= 0.6 is 11.6 Å². The first-order valence-electron chi connectivity index (χ1n) is 7.61. The van der Waals surface area contributed by atoms with E-state index in [0.29, 0.717) is 23.3 Å². The molecule has 6 heteroatoms. The van der Waals surface area contributed by atoms with Crippen LogP contribution in [0.5, 0.6) is 0 Å². The molecule has 0 saturated heterocycles. The Labute approximate surface area is 146 Å². The fourth-order valence-corrected chi connectivity index (χ4v) is 2.77. The van der Waals surface area contributed by atoms with Crippen molar-refractivity contribution < 1.29 is 0 Å². The molecule has 24 heavy (non-hydrogen) atoms. The Morgan fingerprint density at radius 1 is 1.12 bits per heavy atom. The maximum atomic E-state index is 6.34. The fourth-order valence-electron chi connectivity index (χ4n) is 2.40. The molecule has 0 saturated carbocycles. The van der Waals surface area contributed by atoms with Gasteiger partial charge in [-0.1, -0.05) is 23.7 Å². The molecule has 0 radical (unpaired) electrons. The minimum atomic E-state index is 0.546. The lowest BCUT2D eigenvalue weighted by molar-refractivity contribution is 1.04. The van der Waals surface area contributed by atoms with Crippen molar-refractivity contribution >= 4 is 29.1 Å². The second kappa shape index (κ2) is 7.27. The maximum absolute atomic E-state index is 6.34. The van der Waals surface area contributed by atoms with Gasteiger partial charge in [0.1, 0.15) is 5.82 Å². The predicted molar refractivity (Wildman–Crippen MR) is 97.8 cm³/mol. The van der Waals surface area contributed by atoms with Gasteiger partial charge in [0, 0.05) is 25.1 Å². The average Bonchev–Trinajstić information content (AvgIpc) is 2.58. The monoisotopic (exact) mass is 339 g/mol. The highest BCUT2D eigenvalue weighted by Gasteiger charge is 2.07. The third-order valence-electron chi connectivity index (χ3n) is 3.51. The summed E-state index contributed by atoms with van der Waals surface area (Å²) >= 11 is 6.34. The Bertz CT molecular complexity index is 813. The first-order chi connectivity index (χ1) is 11.6. The minimum absolute atomic E-state index is 0.546. The van der Waals surface area contributed by atoms with Crippen LogP contribution in [-0.2, 0) is 6.54 Å². The van der Waals surface area contributed by atoms with Gasteiger partial charge in [0.15, 0.2) is 0 Å². The van der Waals surface area contributed by atoms with Crippen LogP contribution in [0.25, 0.3) is 0 Å². The second-order valence-corrected chi connectivity index (χ2v) is 5.95. The van der Waals surface area contributed by atoms with Crippen molar-refractivity contribution in [3.8, 4) is 0 Å². The first-order valence-corrected chi connectivity index (χ1v) is 7.99. The van der Waals surface area contributed by atoms with Crippen LogP contribution in [0, 0.1) is 13.8 Å². The number of anilines is 3. The SMILES string of the molecule is Cc1cc(C)c(Nc2ccnc(NCc3cccnc3)n2)c(Cl)c1. The summed E-state index contributed by atoms with van der Waals surface area (Å²) in [5, 5.41) is 7.14. The maximum Gasteiger partial charge on any atom is 0.224 e. The Morgan fingerprint density at radius 2 is 2.00 bits per heavy atom. The molecule has 3 aromatic rings. The number of rotatable bonds is 5. The number of aryl methyl sites for hydroxylation is 2. The molecular weight excluding hydrogens is 322 g/mol. The van der Waals surface area contributed by atoms with Crippen LogP contribution in [0.2, 0.25) is 5.02 Å². The molecule has 0 bridgehead atoms. The van der Waals surface area contributed by atoms with Gasteiger partial charge < -0.3 is 10.6 Å². The Balaban J connectivity index is 1.74. The van der Waals surface area contributed by atoms with Crippen molar-refractivity contribution in [2.75, 3.05) is 10.6 Å². The molecule has 5 nitrogen and oxygen atoms in total. The fraction of sp³-hybridized carbons (Fsp3) is 0.167. The average molecular weight is 340 g/mol. The summed E-state index contributed by atoms with van der Waals surface area (Å²) in [6.07, 6.45) is 5.26. The highest BCUT2D eigenvalue weighted by molar-refractivity contribution is 6.33. The first kappa shape index (κ1) is 16.2. The van der Waals surface area contributed by atoms with E-state index in [1.165, 1.54) is 0 Å². The minimum Gasteiger partial charge on any atom is -0.350 e. The summed E-state index contributed by atoms with van der Waals surface area (Å²) in [5.41, 5.74) is 4.13. The van der Waals surface area contributed by atoms with Gasteiger partial charge in [-0.2, -0.15) is 4.98 Å². The van der Waals surface area contributed by atoms with Crippen molar-refractivity contribution in [3.05, 3.63) is 70.6 Å². The van der Waals surface area contributed by atoms with Crippen molar-refractivity contribution in [2.24, 2.45) is 0 Å². The van der Waals surface area contributed by atoms with Gasteiger partial charge in [0.25, 0.3) is 0 Å². The highest BCUT2D eigenvalue weighted by atomic mass is 35.5. The number of nitrogens with zero attached hydrogens (tertiary/aromatic N) is 3. The van der Waals surface area contributed by atoms with Gasteiger partial charge in [-0.25, -0.2) is 4.98 Å². The van der Waals surface area contributed by atoms with Crippen LogP contribution in [0.4, 0.5) is 17.5 Å². The van der Waals surface area contributed by atoms with Gasteiger partial charge in [-0.3, -0.25) is 4.98 Å². The quantitative estimate of drug-likeness (QED) is 0.716. The number of hydrogen-bond acceptors (Lipinski definition) is 5. The molecular formula is C18H18ClN5. The molecule has 0 aliphatic rings. The molecule has 0 atom stereocenters. The standard InChI is InChI=1S/C18H18ClN5/c1-12-8-13(2)17(15(19)9-12)23-16-5-7-21-18(24-16)22-11-14-4-3-6-20-10-14/h3-10H,11H2,1-2H3,(H2,21,22,23,24). The van der Waals surface area contributed by atoms with Crippen LogP contribution in [-0.4, -0.2) is 15.0 Å². The largest absolute Gasteiger partial charge is 0.350 e. The summed E-state index contributed by atoms with van der Waals surface area (Å²) in [6.45, 7) is 4.65. The molecule has 1 aromatic carbocycles. The zero-order chi connectivity index (χ0) is 16.9. The van der Waals surface area contributed by atoms with Crippen molar-refractivity contribution in [1.29, 1.82) is 0 Å². The molecule has 2 aromatic heterocycles. The number of benzene rings is 1. The van der Waals surface area contributed by atoms with E-state index >= 15 is 0 Å². The molecule has 0 aliphatic heterocycles. The molecule has 3 rings (SSSR count). The number of halogens is 1. The van der Waals surface area contributed by atoms with Gasteiger partial charge in [0.05, 0.1) is 10.7 Å². The summed E-state index contributed by atoms with van der Waals surface area (Å²) in [4.78, 5) is 12.8. The molecule has 2 N–H and O–H groups in total. The van der Waals surface area contributed by atoms with Crippen molar-refractivity contribution in [2.45, 2.75) is 20.4 Å². The smallest absolute Gasteiger partial charge is 0.224 e. The Kier molecular flexibility index (Phi) is 4.91. The molecule has 2 heterocycles. The number of aromatic nitrogens is 3. The number of hydrogen-bond donors (Lipinski definition) is 2. The zero-order valence-electron chi connectivity index (χ0n) is 13.5. The molecule has 0 fully saturated rings.